The summed E-state index contributed by atoms with van der Waals surface area (Å²) in [4.78, 5) is 10.5. The molecule has 8 heteroatoms. The highest BCUT2D eigenvalue weighted by molar-refractivity contribution is 5.75. The highest BCUT2D eigenvalue weighted by Gasteiger charge is 2.58. The molecule has 0 amide bonds. The molecule has 14 heavy (non-hydrogen) atoms. The topological polar surface area (TPSA) is 52.3 Å². The van der Waals surface area contributed by atoms with Crippen LogP contribution in [0.4, 0.5) is 22.0 Å². The molecule has 0 bridgehead atoms. The molecule has 2 N–H and O–H groups in total. The van der Waals surface area contributed by atoms with Crippen LogP contribution in [-0.2, 0) is 9.53 Å². The molecule has 84 valence electrons. The zero-order chi connectivity index (χ0) is 11.6. The quantitative estimate of drug-likeness (QED) is 0.573. The van der Waals surface area contributed by atoms with Gasteiger partial charge in [0.25, 0.3) is 0 Å². The molecule has 0 saturated heterocycles. The summed E-state index contributed by atoms with van der Waals surface area (Å²) in [5.74, 6) is -6.30. The van der Waals surface area contributed by atoms with Gasteiger partial charge in [-0.1, -0.05) is 0 Å². The van der Waals surface area contributed by atoms with Crippen LogP contribution in [0.3, 0.4) is 0 Å². The van der Waals surface area contributed by atoms with E-state index in [1.165, 1.54) is 0 Å². The van der Waals surface area contributed by atoms with Crippen molar-refractivity contribution in [2.75, 3.05) is 7.11 Å². The number of alkyl halides is 5. The van der Waals surface area contributed by atoms with Crippen molar-refractivity contribution in [3.8, 4) is 0 Å². The van der Waals surface area contributed by atoms with Gasteiger partial charge >= 0.3 is 18.1 Å². The summed E-state index contributed by atoms with van der Waals surface area (Å²) >= 11 is 0. The Hall–Kier alpha value is -0.920. The van der Waals surface area contributed by atoms with E-state index in [0.717, 1.165) is 7.11 Å². The fourth-order valence-corrected chi connectivity index (χ4v) is 0.627. The van der Waals surface area contributed by atoms with Gasteiger partial charge in [-0.3, -0.25) is 4.79 Å². The standard InChI is InChI=1S/C6H8F5NO2/c1-14-4(13)3(12)2-5(7,8)6(9,10)11/h3H,2,12H2,1H3. The first-order chi connectivity index (χ1) is 6.12. The number of nitrogens with two attached hydrogens (primary N) is 1. The molecule has 0 fully saturated rings. The normalized spacial score (nSPS) is 15.1. The summed E-state index contributed by atoms with van der Waals surface area (Å²) in [6.45, 7) is 0. The van der Waals surface area contributed by atoms with Crippen molar-refractivity contribution in [3.63, 3.8) is 0 Å². The monoisotopic (exact) mass is 221 g/mol. The SMILES string of the molecule is COC(=O)C(N)CC(F)(F)C(F)(F)F. The molecule has 0 rings (SSSR count). The van der Waals surface area contributed by atoms with Crippen LogP contribution < -0.4 is 5.73 Å². The van der Waals surface area contributed by atoms with Crippen LogP contribution in [0.1, 0.15) is 6.42 Å². The van der Waals surface area contributed by atoms with Gasteiger partial charge in [-0.05, 0) is 0 Å². The molecule has 0 aromatic carbocycles. The summed E-state index contributed by atoms with van der Waals surface area (Å²) in [7, 11) is 0.841. The summed E-state index contributed by atoms with van der Waals surface area (Å²) in [6, 6.07) is -1.99. The molecule has 0 aliphatic heterocycles. The molecular formula is C6H8F5NO2. The second-order valence-electron chi connectivity index (χ2n) is 2.54. The maximum atomic E-state index is 12.3. The van der Waals surface area contributed by atoms with E-state index in [9.17, 15) is 26.7 Å². The van der Waals surface area contributed by atoms with Crippen molar-refractivity contribution in [1.29, 1.82) is 0 Å². The van der Waals surface area contributed by atoms with Crippen molar-refractivity contribution in [2.45, 2.75) is 24.6 Å². The van der Waals surface area contributed by atoms with Crippen LogP contribution in [0, 0.1) is 0 Å². The number of halogens is 5. The van der Waals surface area contributed by atoms with Gasteiger partial charge in [-0.2, -0.15) is 22.0 Å². The van der Waals surface area contributed by atoms with Crippen molar-refractivity contribution in [3.05, 3.63) is 0 Å². The molecule has 0 radical (unpaired) electrons. The largest absolute Gasteiger partial charge is 0.468 e. The molecule has 0 aliphatic rings. The Morgan fingerprint density at radius 2 is 1.79 bits per heavy atom. The van der Waals surface area contributed by atoms with E-state index in [2.05, 4.69) is 4.74 Å². The first kappa shape index (κ1) is 13.1. The van der Waals surface area contributed by atoms with Gasteiger partial charge in [0.2, 0.25) is 0 Å². The maximum absolute atomic E-state index is 12.3. The molecule has 0 spiro atoms. The highest BCUT2D eigenvalue weighted by atomic mass is 19.4. The van der Waals surface area contributed by atoms with Crippen molar-refractivity contribution >= 4 is 5.97 Å². The minimum atomic E-state index is -5.71. The second kappa shape index (κ2) is 4.07. The summed E-state index contributed by atoms with van der Waals surface area (Å²) in [6.07, 6.45) is -7.53. The number of carbonyl (C=O) groups is 1. The summed E-state index contributed by atoms with van der Waals surface area (Å²) in [5.41, 5.74) is 4.76. The van der Waals surface area contributed by atoms with Crippen LogP contribution in [-0.4, -0.2) is 31.2 Å². The van der Waals surface area contributed by atoms with E-state index in [0.29, 0.717) is 0 Å². The predicted molar refractivity (Wildman–Crippen MR) is 35.6 cm³/mol. The van der Waals surface area contributed by atoms with Gasteiger partial charge in [0.15, 0.2) is 0 Å². The van der Waals surface area contributed by atoms with Gasteiger partial charge in [0.05, 0.1) is 7.11 Å². The Morgan fingerprint density at radius 3 is 2.07 bits per heavy atom. The lowest BCUT2D eigenvalue weighted by atomic mass is 10.1. The van der Waals surface area contributed by atoms with E-state index >= 15 is 0 Å². The summed E-state index contributed by atoms with van der Waals surface area (Å²) < 4.78 is 63.2. The number of ether oxygens (including phenoxy) is 1. The van der Waals surface area contributed by atoms with Crippen LogP contribution in [0.2, 0.25) is 0 Å². The average molecular weight is 221 g/mol. The fraction of sp³-hybridized carbons (Fsp3) is 0.833. The zero-order valence-electron chi connectivity index (χ0n) is 7.07. The number of carbonyl (C=O) groups excluding carboxylic acids is 1. The van der Waals surface area contributed by atoms with E-state index in [1.807, 2.05) is 0 Å². The number of esters is 1. The average Bonchev–Trinajstić information content (AvgIpc) is 2.00. The molecule has 0 aliphatic carbocycles. The van der Waals surface area contributed by atoms with Gasteiger partial charge in [0, 0.05) is 6.42 Å². The van der Waals surface area contributed by atoms with Gasteiger partial charge in [0.1, 0.15) is 6.04 Å². The third-order valence-corrected chi connectivity index (χ3v) is 1.39. The lowest BCUT2D eigenvalue weighted by Gasteiger charge is -2.21. The van der Waals surface area contributed by atoms with Crippen LogP contribution in [0.5, 0.6) is 0 Å². The van der Waals surface area contributed by atoms with Crippen molar-refractivity contribution in [1.82, 2.24) is 0 Å². The lowest BCUT2D eigenvalue weighted by Crippen LogP contribution is -2.45. The Balaban J connectivity index is 4.44. The Bertz CT molecular complexity index is 215. The van der Waals surface area contributed by atoms with E-state index in [1.54, 1.807) is 0 Å². The Kier molecular flexibility index (Phi) is 3.81. The van der Waals surface area contributed by atoms with Gasteiger partial charge in [-0.15, -0.1) is 0 Å². The molecule has 0 aromatic rings. The van der Waals surface area contributed by atoms with Crippen molar-refractivity contribution < 1.29 is 31.5 Å². The molecule has 0 aromatic heterocycles. The molecule has 1 atom stereocenters. The van der Waals surface area contributed by atoms with Crippen LogP contribution >= 0.6 is 0 Å². The predicted octanol–water partition coefficient (Wildman–Crippen LogP) is 1.07. The molecule has 0 saturated carbocycles. The van der Waals surface area contributed by atoms with E-state index < -0.39 is 30.5 Å². The third kappa shape index (κ3) is 3.09. The fourth-order valence-electron chi connectivity index (χ4n) is 0.627. The second-order valence-corrected chi connectivity index (χ2v) is 2.54. The number of methoxy groups -OCH3 is 1. The van der Waals surface area contributed by atoms with Crippen LogP contribution in [0.15, 0.2) is 0 Å². The molecule has 1 unspecified atom stereocenters. The first-order valence-electron chi connectivity index (χ1n) is 3.40. The highest BCUT2D eigenvalue weighted by Crippen LogP contribution is 2.38. The number of hydrogen-bond acceptors (Lipinski definition) is 3. The van der Waals surface area contributed by atoms with Gasteiger partial charge in [-0.25, -0.2) is 0 Å². The molecular weight excluding hydrogens is 213 g/mol. The maximum Gasteiger partial charge on any atom is 0.453 e. The smallest absolute Gasteiger partial charge is 0.453 e. The van der Waals surface area contributed by atoms with Crippen LogP contribution in [0.25, 0.3) is 0 Å². The lowest BCUT2D eigenvalue weighted by molar-refractivity contribution is -0.285. The number of rotatable bonds is 3. The minimum Gasteiger partial charge on any atom is -0.468 e. The third-order valence-electron chi connectivity index (χ3n) is 1.39. The van der Waals surface area contributed by atoms with Gasteiger partial charge < -0.3 is 10.5 Å². The summed E-state index contributed by atoms with van der Waals surface area (Å²) in [5, 5.41) is 0. The van der Waals surface area contributed by atoms with E-state index in [4.69, 9.17) is 5.73 Å². The minimum absolute atomic E-state index is 0.841. The zero-order valence-corrected chi connectivity index (χ0v) is 7.07. The Labute approximate surface area is 76.0 Å². The molecule has 3 nitrogen and oxygen atoms in total. The van der Waals surface area contributed by atoms with E-state index in [-0.39, 0.29) is 0 Å². The number of hydrogen-bond donors (Lipinski definition) is 1. The first-order valence-corrected chi connectivity index (χ1v) is 3.40. The molecule has 0 heterocycles. The van der Waals surface area contributed by atoms with Crippen molar-refractivity contribution in [2.24, 2.45) is 5.73 Å². The Morgan fingerprint density at radius 1 is 1.36 bits per heavy atom.